The Kier molecular flexibility index (Phi) is 6.31. The van der Waals surface area contributed by atoms with Crippen molar-refractivity contribution < 1.29 is 4.79 Å². The maximum Gasteiger partial charge on any atom is 0.275 e. The topological polar surface area (TPSA) is 116 Å². The number of rotatable bonds is 6. The van der Waals surface area contributed by atoms with E-state index in [0.717, 1.165) is 16.2 Å². The fraction of sp³-hybridized carbons (Fsp3) is 0.389. The van der Waals surface area contributed by atoms with Crippen molar-refractivity contribution >= 4 is 29.2 Å². The normalized spacial score (nSPS) is 11.0. The first-order valence-corrected chi connectivity index (χ1v) is 9.22. The minimum atomic E-state index is -0.339. The first kappa shape index (κ1) is 19.8. The van der Waals surface area contributed by atoms with Gasteiger partial charge in [-0.2, -0.15) is 0 Å². The van der Waals surface area contributed by atoms with Crippen molar-refractivity contribution in [2.45, 2.75) is 50.9 Å². The molecule has 2 rings (SSSR count). The number of nitrogens with one attached hydrogen (secondary N) is 1. The minimum Gasteiger partial charge on any atom is -0.393 e. The first-order chi connectivity index (χ1) is 12.2. The van der Waals surface area contributed by atoms with Gasteiger partial charge in [-0.15, -0.1) is 11.8 Å². The van der Waals surface area contributed by atoms with Gasteiger partial charge in [-0.25, -0.2) is 4.98 Å². The molecule has 7 nitrogen and oxygen atoms in total. The van der Waals surface area contributed by atoms with Gasteiger partial charge in [0.05, 0.1) is 0 Å². The number of hydrogen-bond donors (Lipinski definition) is 3. The number of anilines is 2. The lowest BCUT2D eigenvalue weighted by Gasteiger charge is -2.15. The average molecular weight is 375 g/mol. The van der Waals surface area contributed by atoms with Crippen molar-refractivity contribution in [3.63, 3.8) is 0 Å². The predicted molar refractivity (Wildman–Crippen MR) is 106 cm³/mol. The Hall–Kier alpha value is -2.48. The molecule has 0 aliphatic carbocycles. The van der Waals surface area contributed by atoms with Crippen LogP contribution in [0.3, 0.4) is 0 Å². The molecule has 5 N–H and O–H groups in total. The molecule has 0 spiro atoms. The SMILES string of the molecule is Cc1nc(N)ccc1CNC(=O)Cn1c(C)cc(SC(C)C)c(N)c1=O. The molecule has 0 radical (unpaired) electrons. The number of thioether (sulfide) groups is 1. The van der Waals surface area contributed by atoms with Crippen molar-refractivity contribution in [3.05, 3.63) is 45.5 Å². The Balaban J connectivity index is 2.11. The van der Waals surface area contributed by atoms with E-state index in [1.807, 2.05) is 32.9 Å². The van der Waals surface area contributed by atoms with Gasteiger partial charge in [0.15, 0.2) is 0 Å². The van der Waals surface area contributed by atoms with Crippen molar-refractivity contribution in [2.24, 2.45) is 0 Å². The average Bonchev–Trinajstić information content (AvgIpc) is 2.55. The molecule has 0 bridgehead atoms. The predicted octanol–water partition coefficient (Wildman–Crippen LogP) is 1.84. The highest BCUT2D eigenvalue weighted by atomic mass is 32.2. The zero-order valence-corrected chi connectivity index (χ0v) is 16.3. The lowest BCUT2D eigenvalue weighted by atomic mass is 10.2. The van der Waals surface area contributed by atoms with Gasteiger partial charge in [-0.3, -0.25) is 9.59 Å². The number of aryl methyl sites for hydroxylation is 2. The Bertz CT molecular complexity index is 877. The summed E-state index contributed by atoms with van der Waals surface area (Å²) in [7, 11) is 0. The molecule has 0 aliphatic rings. The molecule has 0 aromatic carbocycles. The van der Waals surface area contributed by atoms with E-state index in [4.69, 9.17) is 11.5 Å². The highest BCUT2D eigenvalue weighted by molar-refractivity contribution is 8.00. The molecule has 2 heterocycles. The van der Waals surface area contributed by atoms with E-state index in [9.17, 15) is 9.59 Å². The molecule has 0 unspecified atom stereocenters. The van der Waals surface area contributed by atoms with E-state index in [0.29, 0.717) is 23.3 Å². The monoisotopic (exact) mass is 375 g/mol. The molecular formula is C18H25N5O2S. The fourth-order valence-corrected chi connectivity index (χ4v) is 3.45. The van der Waals surface area contributed by atoms with Crippen molar-refractivity contribution in [1.29, 1.82) is 0 Å². The molecule has 0 fully saturated rings. The molecule has 2 aromatic rings. The maximum absolute atomic E-state index is 12.5. The molecule has 2 aromatic heterocycles. The third-order valence-corrected chi connectivity index (χ3v) is 4.93. The van der Waals surface area contributed by atoms with Gasteiger partial charge in [0.2, 0.25) is 5.91 Å². The standard InChI is InChI=1S/C18H25N5O2S/c1-10(2)26-14-7-11(3)23(18(25)17(14)20)9-16(24)21-8-13-5-6-15(19)22-12(13)4/h5-7,10H,8-9,20H2,1-4H3,(H2,19,22)(H,21,24). The number of pyridine rings is 2. The van der Waals surface area contributed by atoms with Crippen LogP contribution >= 0.6 is 11.8 Å². The van der Waals surface area contributed by atoms with E-state index < -0.39 is 0 Å². The van der Waals surface area contributed by atoms with Gasteiger partial charge in [0, 0.05) is 28.1 Å². The summed E-state index contributed by atoms with van der Waals surface area (Å²) in [5, 5.41) is 3.12. The summed E-state index contributed by atoms with van der Waals surface area (Å²) in [4.78, 5) is 29.7. The smallest absolute Gasteiger partial charge is 0.275 e. The second-order valence-corrected chi connectivity index (χ2v) is 8.00. The second-order valence-electron chi connectivity index (χ2n) is 6.38. The van der Waals surface area contributed by atoms with Crippen LogP contribution in [0.2, 0.25) is 0 Å². The van der Waals surface area contributed by atoms with Crippen LogP contribution < -0.4 is 22.3 Å². The van der Waals surface area contributed by atoms with Crippen LogP contribution in [0.25, 0.3) is 0 Å². The number of amides is 1. The van der Waals surface area contributed by atoms with Crippen LogP contribution in [0.15, 0.2) is 27.9 Å². The van der Waals surface area contributed by atoms with Crippen LogP contribution in [-0.4, -0.2) is 20.7 Å². The molecule has 140 valence electrons. The molecule has 0 saturated carbocycles. The van der Waals surface area contributed by atoms with E-state index in [1.54, 1.807) is 13.0 Å². The van der Waals surface area contributed by atoms with Gasteiger partial charge in [-0.1, -0.05) is 19.9 Å². The fourth-order valence-electron chi connectivity index (χ4n) is 2.49. The van der Waals surface area contributed by atoms with E-state index in [1.165, 1.54) is 16.3 Å². The van der Waals surface area contributed by atoms with Gasteiger partial charge >= 0.3 is 0 Å². The molecule has 26 heavy (non-hydrogen) atoms. The van der Waals surface area contributed by atoms with Crippen LogP contribution in [0, 0.1) is 13.8 Å². The Morgan fingerprint density at radius 2 is 2.00 bits per heavy atom. The van der Waals surface area contributed by atoms with Crippen LogP contribution in [-0.2, 0) is 17.9 Å². The van der Waals surface area contributed by atoms with E-state index in [2.05, 4.69) is 10.3 Å². The molecule has 0 aliphatic heterocycles. The number of aromatic nitrogens is 2. The summed E-state index contributed by atoms with van der Waals surface area (Å²) in [5.74, 6) is 0.171. The quantitative estimate of drug-likeness (QED) is 0.664. The molecule has 1 amide bonds. The zero-order chi connectivity index (χ0) is 19.4. The Morgan fingerprint density at radius 3 is 2.62 bits per heavy atom. The largest absolute Gasteiger partial charge is 0.393 e. The highest BCUT2D eigenvalue weighted by Gasteiger charge is 2.14. The number of carbonyl (C=O) groups is 1. The first-order valence-electron chi connectivity index (χ1n) is 8.34. The van der Waals surface area contributed by atoms with Crippen LogP contribution in [0.1, 0.15) is 30.8 Å². The summed E-state index contributed by atoms with van der Waals surface area (Å²) in [6.07, 6.45) is 0. The molecule has 0 saturated heterocycles. The van der Waals surface area contributed by atoms with Gasteiger partial charge in [-0.05, 0) is 31.5 Å². The van der Waals surface area contributed by atoms with Crippen molar-refractivity contribution in [1.82, 2.24) is 14.9 Å². The number of hydrogen-bond acceptors (Lipinski definition) is 6. The summed E-state index contributed by atoms with van der Waals surface area (Å²) in [6, 6.07) is 5.36. The van der Waals surface area contributed by atoms with E-state index in [-0.39, 0.29) is 23.7 Å². The summed E-state index contributed by atoms with van der Waals surface area (Å²) >= 11 is 1.54. The third-order valence-electron chi connectivity index (χ3n) is 3.86. The lowest BCUT2D eigenvalue weighted by molar-refractivity contribution is -0.121. The van der Waals surface area contributed by atoms with Crippen LogP contribution in [0.4, 0.5) is 11.5 Å². The van der Waals surface area contributed by atoms with Crippen molar-refractivity contribution in [3.8, 4) is 0 Å². The van der Waals surface area contributed by atoms with E-state index >= 15 is 0 Å². The number of carbonyl (C=O) groups excluding carboxylic acids is 1. The molecule has 0 atom stereocenters. The second kappa shape index (κ2) is 8.27. The van der Waals surface area contributed by atoms with Gasteiger partial charge in [0.1, 0.15) is 18.1 Å². The summed E-state index contributed by atoms with van der Waals surface area (Å²) in [5.41, 5.74) is 13.8. The maximum atomic E-state index is 12.5. The molecular weight excluding hydrogens is 350 g/mol. The summed E-state index contributed by atoms with van der Waals surface area (Å²) in [6.45, 7) is 7.94. The lowest BCUT2D eigenvalue weighted by Crippen LogP contribution is -2.34. The number of nitrogens with zero attached hydrogens (tertiary/aromatic N) is 2. The third kappa shape index (κ3) is 4.78. The Labute approximate surface area is 157 Å². The molecule has 8 heteroatoms. The van der Waals surface area contributed by atoms with Crippen LogP contribution in [0.5, 0.6) is 0 Å². The van der Waals surface area contributed by atoms with Gasteiger partial charge in [0.25, 0.3) is 5.56 Å². The minimum absolute atomic E-state index is 0.0804. The number of nitrogens with two attached hydrogens (primary N) is 2. The Morgan fingerprint density at radius 1 is 1.31 bits per heavy atom. The highest BCUT2D eigenvalue weighted by Crippen LogP contribution is 2.27. The summed E-state index contributed by atoms with van der Waals surface area (Å²) < 4.78 is 1.39. The zero-order valence-electron chi connectivity index (χ0n) is 15.5. The van der Waals surface area contributed by atoms with Gasteiger partial charge < -0.3 is 21.4 Å². The number of nitrogen functional groups attached to an aromatic ring is 2. The van der Waals surface area contributed by atoms with Crippen molar-refractivity contribution in [2.75, 3.05) is 11.5 Å².